The van der Waals surface area contributed by atoms with E-state index >= 15 is 0 Å². The minimum Gasteiger partial charge on any atom is -0.457 e. The molecule has 4 nitrogen and oxygen atoms in total. The quantitative estimate of drug-likeness (QED) is 0.831. The summed E-state index contributed by atoms with van der Waals surface area (Å²) in [5.74, 6) is 0.857. The molecule has 0 spiro atoms. The third-order valence-corrected chi connectivity index (χ3v) is 4.01. The summed E-state index contributed by atoms with van der Waals surface area (Å²) >= 11 is 4.25. The van der Waals surface area contributed by atoms with E-state index < -0.39 is 0 Å². The second kappa shape index (κ2) is 5.30. The first-order valence-electron chi connectivity index (χ1n) is 5.72. The zero-order chi connectivity index (χ0) is 14.1. The maximum absolute atomic E-state index is 11.4. The van der Waals surface area contributed by atoms with Gasteiger partial charge in [-0.15, -0.1) is 0 Å². The summed E-state index contributed by atoms with van der Waals surface area (Å²) in [5.41, 5.74) is 0.942. The van der Waals surface area contributed by atoms with E-state index in [1.54, 1.807) is 12.1 Å². The molecule has 1 fully saturated rings. The number of nitrogens with one attached hydrogen (secondary N) is 1. The minimum absolute atomic E-state index is 0.340. The van der Waals surface area contributed by atoms with Crippen molar-refractivity contribution in [3.8, 4) is 11.3 Å². The number of thioether (sulfide) groups is 1. The van der Waals surface area contributed by atoms with E-state index in [0.717, 1.165) is 21.8 Å². The van der Waals surface area contributed by atoms with Gasteiger partial charge in [-0.3, -0.25) is 14.9 Å². The number of halogens is 1. The van der Waals surface area contributed by atoms with Crippen LogP contribution in [0, 0.1) is 0 Å². The number of rotatable bonds is 2. The lowest BCUT2D eigenvalue weighted by atomic mass is 10.2. The number of benzene rings is 1. The molecule has 2 heterocycles. The number of hydrogen-bond donors (Lipinski definition) is 1. The largest absolute Gasteiger partial charge is 0.457 e. The molecular weight excluding hydrogens is 342 g/mol. The molecule has 0 unspecified atom stereocenters. The Bertz CT molecular complexity index is 718. The van der Waals surface area contributed by atoms with Crippen LogP contribution >= 0.6 is 27.7 Å². The highest BCUT2D eigenvalue weighted by Crippen LogP contribution is 2.28. The van der Waals surface area contributed by atoms with E-state index in [1.165, 1.54) is 0 Å². The highest BCUT2D eigenvalue weighted by Gasteiger charge is 2.25. The van der Waals surface area contributed by atoms with Crippen LogP contribution in [0.4, 0.5) is 4.79 Å². The molecule has 0 radical (unpaired) electrons. The second-order valence-corrected chi connectivity index (χ2v) is 5.99. The van der Waals surface area contributed by atoms with Crippen LogP contribution in [0.25, 0.3) is 17.4 Å². The van der Waals surface area contributed by atoms with Crippen LogP contribution in [0.2, 0.25) is 0 Å². The molecule has 3 rings (SSSR count). The third kappa shape index (κ3) is 2.71. The Balaban J connectivity index is 1.87. The molecule has 0 aliphatic carbocycles. The van der Waals surface area contributed by atoms with E-state index in [2.05, 4.69) is 21.2 Å². The molecule has 0 saturated carbocycles. The molecule has 2 aromatic rings. The van der Waals surface area contributed by atoms with Crippen molar-refractivity contribution in [2.24, 2.45) is 0 Å². The summed E-state index contributed by atoms with van der Waals surface area (Å²) in [6.07, 6.45) is 1.56. The van der Waals surface area contributed by atoms with Crippen molar-refractivity contribution in [3.05, 3.63) is 51.5 Å². The van der Waals surface area contributed by atoms with Gasteiger partial charge in [0.25, 0.3) is 11.1 Å². The van der Waals surface area contributed by atoms with Gasteiger partial charge in [0.2, 0.25) is 0 Å². The van der Waals surface area contributed by atoms with Gasteiger partial charge in [-0.25, -0.2) is 0 Å². The minimum atomic E-state index is -0.387. The maximum atomic E-state index is 11.4. The Morgan fingerprint density at radius 3 is 2.50 bits per heavy atom. The fourth-order valence-corrected chi connectivity index (χ4v) is 2.68. The van der Waals surface area contributed by atoms with Gasteiger partial charge in [-0.1, -0.05) is 28.1 Å². The van der Waals surface area contributed by atoms with Crippen molar-refractivity contribution in [3.63, 3.8) is 0 Å². The van der Waals surface area contributed by atoms with E-state index in [-0.39, 0.29) is 11.1 Å². The normalized spacial score (nSPS) is 16.8. The Hall–Kier alpha value is -1.79. The molecule has 2 amide bonds. The molecule has 1 aliphatic rings. The summed E-state index contributed by atoms with van der Waals surface area (Å²) in [7, 11) is 0. The molecule has 20 heavy (non-hydrogen) atoms. The maximum Gasteiger partial charge on any atom is 0.290 e. The molecule has 1 N–H and O–H groups in total. The van der Waals surface area contributed by atoms with Crippen molar-refractivity contribution in [2.45, 2.75) is 0 Å². The zero-order valence-electron chi connectivity index (χ0n) is 10.1. The van der Waals surface area contributed by atoms with E-state index in [1.807, 2.05) is 30.3 Å². The average Bonchev–Trinajstić information content (AvgIpc) is 2.98. The van der Waals surface area contributed by atoms with Crippen LogP contribution in [-0.4, -0.2) is 11.1 Å². The topological polar surface area (TPSA) is 59.3 Å². The highest BCUT2D eigenvalue weighted by molar-refractivity contribution is 9.10. The standard InChI is InChI=1S/C14H8BrNO3S/c15-9-3-1-8(2-4-9)11-6-5-10(19-11)7-12-13(17)16-14(18)20-12/h1-7H,(H,16,17,18)/b12-7+. The summed E-state index contributed by atoms with van der Waals surface area (Å²) < 4.78 is 6.65. The molecule has 1 saturated heterocycles. The van der Waals surface area contributed by atoms with Crippen molar-refractivity contribution in [2.75, 3.05) is 0 Å². The number of hydrogen-bond acceptors (Lipinski definition) is 4. The van der Waals surface area contributed by atoms with Gasteiger partial charge >= 0.3 is 0 Å². The first kappa shape index (κ1) is 13.2. The van der Waals surface area contributed by atoms with Gasteiger partial charge in [-0.2, -0.15) is 0 Å². The summed E-state index contributed by atoms with van der Waals surface area (Å²) in [5, 5.41) is 1.84. The first-order valence-corrected chi connectivity index (χ1v) is 7.33. The lowest BCUT2D eigenvalue weighted by Crippen LogP contribution is -2.17. The molecule has 1 aliphatic heterocycles. The second-order valence-electron chi connectivity index (χ2n) is 4.06. The smallest absolute Gasteiger partial charge is 0.290 e. The van der Waals surface area contributed by atoms with Crippen molar-refractivity contribution < 1.29 is 14.0 Å². The monoisotopic (exact) mass is 349 g/mol. The Morgan fingerprint density at radius 2 is 1.85 bits per heavy atom. The predicted molar refractivity (Wildman–Crippen MR) is 81.0 cm³/mol. The van der Waals surface area contributed by atoms with Crippen molar-refractivity contribution in [1.29, 1.82) is 0 Å². The lowest BCUT2D eigenvalue weighted by molar-refractivity contribution is -0.115. The summed E-state index contributed by atoms with van der Waals surface area (Å²) in [4.78, 5) is 22.8. The van der Waals surface area contributed by atoms with Gasteiger partial charge < -0.3 is 4.42 Å². The molecule has 0 atom stereocenters. The molecular formula is C14H8BrNO3S. The van der Waals surface area contributed by atoms with Crippen molar-refractivity contribution >= 4 is 44.9 Å². The van der Waals surface area contributed by atoms with Gasteiger partial charge in [0.1, 0.15) is 11.5 Å². The average molecular weight is 350 g/mol. The Labute approximate surface area is 127 Å². The van der Waals surface area contributed by atoms with Crippen LogP contribution in [0.3, 0.4) is 0 Å². The number of furan rings is 1. The third-order valence-electron chi connectivity index (χ3n) is 2.67. The van der Waals surface area contributed by atoms with Gasteiger partial charge in [0.05, 0.1) is 4.91 Å². The van der Waals surface area contributed by atoms with Crippen LogP contribution in [0.15, 0.2) is 50.2 Å². The van der Waals surface area contributed by atoms with E-state index in [9.17, 15) is 9.59 Å². The van der Waals surface area contributed by atoms with Crippen molar-refractivity contribution in [1.82, 2.24) is 5.32 Å². The molecule has 100 valence electrons. The Morgan fingerprint density at radius 1 is 1.10 bits per heavy atom. The number of imide groups is 1. The van der Waals surface area contributed by atoms with Crippen LogP contribution < -0.4 is 5.32 Å². The van der Waals surface area contributed by atoms with Crippen LogP contribution in [-0.2, 0) is 4.79 Å². The van der Waals surface area contributed by atoms with Crippen LogP contribution in [0.1, 0.15) is 5.76 Å². The number of carbonyl (C=O) groups excluding carboxylic acids is 2. The first-order chi connectivity index (χ1) is 9.61. The Kier molecular flexibility index (Phi) is 3.50. The summed E-state index contributed by atoms with van der Waals surface area (Å²) in [6, 6.07) is 11.3. The fraction of sp³-hybridized carbons (Fsp3) is 0. The number of amides is 2. The molecule has 0 bridgehead atoms. The van der Waals surface area contributed by atoms with Gasteiger partial charge in [-0.05, 0) is 36.0 Å². The zero-order valence-corrected chi connectivity index (χ0v) is 12.5. The highest BCUT2D eigenvalue weighted by atomic mass is 79.9. The molecule has 1 aromatic carbocycles. The summed E-state index contributed by atoms with van der Waals surface area (Å²) in [6.45, 7) is 0. The van der Waals surface area contributed by atoms with Gasteiger partial charge in [0, 0.05) is 16.1 Å². The predicted octanol–water partition coefficient (Wildman–Crippen LogP) is 4.03. The van der Waals surface area contributed by atoms with Crippen LogP contribution in [0.5, 0.6) is 0 Å². The molecule has 1 aromatic heterocycles. The number of carbonyl (C=O) groups is 2. The lowest BCUT2D eigenvalue weighted by Gasteiger charge is -1.96. The van der Waals surface area contributed by atoms with E-state index in [0.29, 0.717) is 16.4 Å². The molecule has 6 heteroatoms. The fourth-order valence-electron chi connectivity index (χ4n) is 1.75. The van der Waals surface area contributed by atoms with Gasteiger partial charge in [0.15, 0.2) is 0 Å². The SMILES string of the molecule is O=C1NC(=O)/C(=C\c2ccc(-c3ccc(Br)cc3)o2)S1. The van der Waals surface area contributed by atoms with E-state index in [4.69, 9.17) is 4.42 Å².